The SMILES string of the molecule is CC(C)(C)c1ccc(O)c(CN2CCO[C@]3(CNCCOC3)C2)c1. The van der Waals surface area contributed by atoms with E-state index in [4.69, 9.17) is 9.47 Å². The van der Waals surface area contributed by atoms with E-state index >= 15 is 0 Å². The summed E-state index contributed by atoms with van der Waals surface area (Å²) in [5.74, 6) is 0.374. The molecule has 134 valence electrons. The van der Waals surface area contributed by atoms with Crippen LogP contribution in [-0.2, 0) is 21.4 Å². The molecule has 1 atom stereocenters. The van der Waals surface area contributed by atoms with Crippen molar-refractivity contribution in [1.29, 1.82) is 0 Å². The quantitative estimate of drug-likeness (QED) is 0.865. The van der Waals surface area contributed by atoms with Gasteiger partial charge in [0.2, 0.25) is 0 Å². The van der Waals surface area contributed by atoms with Crippen molar-refractivity contribution in [3.8, 4) is 5.75 Å². The van der Waals surface area contributed by atoms with Crippen LogP contribution in [0.3, 0.4) is 0 Å². The second kappa shape index (κ2) is 7.00. The molecule has 2 saturated heterocycles. The molecule has 2 heterocycles. The van der Waals surface area contributed by atoms with Gasteiger partial charge in [-0.05, 0) is 17.0 Å². The van der Waals surface area contributed by atoms with Crippen molar-refractivity contribution in [2.45, 2.75) is 38.3 Å². The fraction of sp³-hybridized carbons (Fsp3) is 0.684. The van der Waals surface area contributed by atoms with Crippen LogP contribution in [-0.4, -0.2) is 61.6 Å². The van der Waals surface area contributed by atoms with Crippen LogP contribution in [0, 0.1) is 0 Å². The third-order valence-electron chi connectivity index (χ3n) is 4.90. The molecule has 3 rings (SSSR count). The number of nitrogens with one attached hydrogen (secondary N) is 1. The first-order chi connectivity index (χ1) is 11.4. The third-order valence-corrected chi connectivity index (χ3v) is 4.90. The Balaban J connectivity index is 1.73. The first-order valence-corrected chi connectivity index (χ1v) is 8.85. The van der Waals surface area contributed by atoms with Crippen molar-refractivity contribution in [2.75, 3.05) is 46.0 Å². The minimum atomic E-state index is -0.272. The standard InChI is InChI=1S/C19H30N2O3/c1-18(2,3)16-4-5-17(22)15(10-16)11-21-7-9-24-19(13-21)12-20-6-8-23-14-19/h4-5,10,20,22H,6-9,11-14H2,1-3H3/t19-/m1/s1. The molecule has 5 nitrogen and oxygen atoms in total. The van der Waals surface area contributed by atoms with Crippen molar-refractivity contribution in [1.82, 2.24) is 10.2 Å². The molecule has 5 heteroatoms. The van der Waals surface area contributed by atoms with Gasteiger partial charge in [-0.3, -0.25) is 4.90 Å². The maximum absolute atomic E-state index is 10.3. The average molecular weight is 334 g/mol. The highest BCUT2D eigenvalue weighted by atomic mass is 16.5. The highest BCUT2D eigenvalue weighted by molar-refractivity contribution is 5.38. The highest BCUT2D eigenvalue weighted by Gasteiger charge is 2.38. The van der Waals surface area contributed by atoms with Crippen molar-refractivity contribution >= 4 is 0 Å². The summed E-state index contributed by atoms with van der Waals surface area (Å²) in [6.45, 7) is 12.8. The van der Waals surface area contributed by atoms with Gasteiger partial charge in [-0.1, -0.05) is 32.9 Å². The molecule has 1 aromatic carbocycles. The fourth-order valence-corrected chi connectivity index (χ4v) is 3.44. The molecule has 0 amide bonds. The molecule has 1 spiro atoms. The highest BCUT2D eigenvalue weighted by Crippen LogP contribution is 2.29. The van der Waals surface area contributed by atoms with Gasteiger partial charge in [0.25, 0.3) is 0 Å². The minimum absolute atomic E-state index is 0.0771. The summed E-state index contributed by atoms with van der Waals surface area (Å²) >= 11 is 0. The van der Waals surface area contributed by atoms with Crippen LogP contribution in [0.4, 0.5) is 0 Å². The molecule has 0 radical (unpaired) electrons. The van der Waals surface area contributed by atoms with Crippen LogP contribution >= 0.6 is 0 Å². The number of phenols is 1. The molecule has 24 heavy (non-hydrogen) atoms. The largest absolute Gasteiger partial charge is 0.508 e. The minimum Gasteiger partial charge on any atom is -0.508 e. The van der Waals surface area contributed by atoms with Crippen molar-refractivity contribution in [3.05, 3.63) is 29.3 Å². The number of phenolic OH excluding ortho intramolecular Hbond substituents is 1. The molecule has 0 aromatic heterocycles. The molecular weight excluding hydrogens is 304 g/mol. The smallest absolute Gasteiger partial charge is 0.120 e. The number of hydrogen-bond acceptors (Lipinski definition) is 5. The molecule has 2 N–H and O–H groups in total. The Hall–Kier alpha value is -1.14. The van der Waals surface area contributed by atoms with E-state index in [1.165, 1.54) is 5.56 Å². The number of nitrogens with zero attached hydrogens (tertiary/aromatic N) is 1. The van der Waals surface area contributed by atoms with E-state index in [1.54, 1.807) is 0 Å². The molecule has 2 aliphatic heterocycles. The molecule has 0 unspecified atom stereocenters. The van der Waals surface area contributed by atoms with Crippen LogP contribution in [0.25, 0.3) is 0 Å². The van der Waals surface area contributed by atoms with E-state index in [2.05, 4.69) is 37.1 Å². The van der Waals surface area contributed by atoms with Crippen molar-refractivity contribution < 1.29 is 14.6 Å². The van der Waals surface area contributed by atoms with E-state index in [0.29, 0.717) is 19.0 Å². The van der Waals surface area contributed by atoms with E-state index < -0.39 is 0 Å². The molecule has 1 aromatic rings. The van der Waals surface area contributed by atoms with Crippen molar-refractivity contribution in [3.63, 3.8) is 0 Å². The van der Waals surface area contributed by atoms with Gasteiger partial charge in [0, 0.05) is 38.3 Å². The van der Waals surface area contributed by atoms with Gasteiger partial charge < -0.3 is 19.9 Å². The summed E-state index contributed by atoms with van der Waals surface area (Å²) in [4.78, 5) is 2.36. The average Bonchev–Trinajstić information content (AvgIpc) is 2.74. The summed E-state index contributed by atoms with van der Waals surface area (Å²) in [7, 11) is 0. The monoisotopic (exact) mass is 334 g/mol. The number of ether oxygens (including phenoxy) is 2. The van der Waals surface area contributed by atoms with E-state index in [9.17, 15) is 5.11 Å². The van der Waals surface area contributed by atoms with Crippen molar-refractivity contribution in [2.24, 2.45) is 0 Å². The van der Waals surface area contributed by atoms with Gasteiger partial charge in [0.1, 0.15) is 11.4 Å². The number of aromatic hydroxyl groups is 1. The third kappa shape index (κ3) is 4.09. The first-order valence-electron chi connectivity index (χ1n) is 8.85. The predicted molar refractivity (Wildman–Crippen MR) is 94.5 cm³/mol. The van der Waals surface area contributed by atoms with Gasteiger partial charge >= 0.3 is 0 Å². The van der Waals surface area contributed by atoms with E-state index in [-0.39, 0.29) is 11.0 Å². The molecule has 2 fully saturated rings. The van der Waals surface area contributed by atoms with Crippen LogP contribution < -0.4 is 5.32 Å². The second-order valence-corrected chi connectivity index (χ2v) is 8.06. The maximum Gasteiger partial charge on any atom is 0.120 e. The topological polar surface area (TPSA) is 54.0 Å². The number of rotatable bonds is 2. The van der Waals surface area contributed by atoms with E-state index in [1.807, 2.05) is 12.1 Å². The normalized spacial score (nSPS) is 26.5. The lowest BCUT2D eigenvalue weighted by molar-refractivity contribution is -0.135. The van der Waals surface area contributed by atoms with Crippen LogP contribution in [0.15, 0.2) is 18.2 Å². The number of morpholine rings is 1. The Morgan fingerprint density at radius 3 is 2.92 bits per heavy atom. The number of hydrogen-bond donors (Lipinski definition) is 2. The molecule has 0 saturated carbocycles. The maximum atomic E-state index is 10.3. The Kier molecular flexibility index (Phi) is 5.16. The number of benzene rings is 1. The van der Waals surface area contributed by atoms with Gasteiger partial charge in [0.05, 0.1) is 19.8 Å². The summed E-state index contributed by atoms with van der Waals surface area (Å²) in [6, 6.07) is 5.98. The second-order valence-electron chi connectivity index (χ2n) is 8.06. The Morgan fingerprint density at radius 1 is 1.29 bits per heavy atom. The summed E-state index contributed by atoms with van der Waals surface area (Å²) in [5, 5.41) is 13.7. The zero-order chi connectivity index (χ0) is 17.2. The molecule has 0 aliphatic carbocycles. The van der Waals surface area contributed by atoms with Crippen LogP contribution in [0.2, 0.25) is 0 Å². The lowest BCUT2D eigenvalue weighted by Crippen LogP contribution is -2.57. The predicted octanol–water partition coefficient (Wildman–Crippen LogP) is 1.88. The summed E-state index contributed by atoms with van der Waals surface area (Å²) in [5.41, 5.74) is 2.04. The lowest BCUT2D eigenvalue weighted by atomic mass is 9.86. The molecular formula is C19H30N2O3. The Morgan fingerprint density at radius 2 is 2.12 bits per heavy atom. The lowest BCUT2D eigenvalue weighted by Gasteiger charge is -2.42. The van der Waals surface area contributed by atoms with Gasteiger partial charge in [-0.15, -0.1) is 0 Å². The van der Waals surface area contributed by atoms with Gasteiger partial charge in [-0.2, -0.15) is 0 Å². The zero-order valence-electron chi connectivity index (χ0n) is 15.1. The summed E-state index contributed by atoms with van der Waals surface area (Å²) < 4.78 is 11.8. The van der Waals surface area contributed by atoms with Gasteiger partial charge in [0.15, 0.2) is 0 Å². The Labute approximate surface area is 144 Å². The molecule has 0 bridgehead atoms. The zero-order valence-corrected chi connectivity index (χ0v) is 15.1. The Bertz CT molecular complexity index is 560. The van der Waals surface area contributed by atoms with Crippen LogP contribution in [0.5, 0.6) is 5.75 Å². The van der Waals surface area contributed by atoms with Gasteiger partial charge in [-0.25, -0.2) is 0 Å². The fourth-order valence-electron chi connectivity index (χ4n) is 3.44. The first kappa shape index (κ1) is 17.7. The van der Waals surface area contributed by atoms with Crippen LogP contribution in [0.1, 0.15) is 31.9 Å². The summed E-state index contributed by atoms with van der Waals surface area (Å²) in [6.07, 6.45) is 0. The van der Waals surface area contributed by atoms with E-state index in [0.717, 1.165) is 44.9 Å². The molecule has 2 aliphatic rings.